The number of ether oxygens (including phenoxy) is 1. The van der Waals surface area contributed by atoms with E-state index in [0.29, 0.717) is 30.8 Å². The molecule has 1 aliphatic heterocycles. The first-order valence-electron chi connectivity index (χ1n) is 14.2. The van der Waals surface area contributed by atoms with E-state index >= 15 is 0 Å². The van der Waals surface area contributed by atoms with Crippen LogP contribution >= 0.6 is 0 Å². The molecule has 12 nitrogen and oxygen atoms in total. The third-order valence-corrected chi connectivity index (χ3v) is 9.15. The third-order valence-electron chi connectivity index (χ3n) is 9.15. The molecule has 0 unspecified atom stereocenters. The largest absolute Gasteiger partial charge is 0.510 e. The quantitative estimate of drug-likeness (QED) is 0.309. The van der Waals surface area contributed by atoms with Crippen LogP contribution in [0.4, 0.5) is 5.69 Å². The Balaban J connectivity index is 1.66. The molecule has 42 heavy (non-hydrogen) atoms. The monoisotopic (exact) mass is 584 g/mol. The van der Waals surface area contributed by atoms with Gasteiger partial charge in [-0.15, -0.1) is 0 Å². The van der Waals surface area contributed by atoms with Gasteiger partial charge in [-0.2, -0.15) is 0 Å². The number of hydrogen-bond acceptors (Lipinski definition) is 11. The Kier molecular flexibility index (Phi) is 7.41. The molecular formula is C30H40N4O8. The van der Waals surface area contributed by atoms with Crippen molar-refractivity contribution in [3.8, 4) is 5.75 Å². The molecule has 3 aliphatic carbocycles. The number of primary amides is 1. The number of benzene rings is 1. The van der Waals surface area contributed by atoms with Gasteiger partial charge in [-0.1, -0.05) is 0 Å². The number of aliphatic hydroxyl groups is 3. The molecule has 5 rings (SSSR count). The summed E-state index contributed by atoms with van der Waals surface area (Å²) in [6.45, 7) is 5.61. The highest BCUT2D eigenvalue weighted by Crippen LogP contribution is 2.53. The van der Waals surface area contributed by atoms with Crippen molar-refractivity contribution in [2.75, 3.05) is 46.2 Å². The maximum Gasteiger partial charge on any atom is 0.255 e. The fourth-order valence-corrected chi connectivity index (χ4v) is 7.53. The Morgan fingerprint density at radius 2 is 1.74 bits per heavy atom. The van der Waals surface area contributed by atoms with E-state index in [9.17, 15) is 34.8 Å². The number of hydrogen-bond donors (Lipinski definition) is 5. The van der Waals surface area contributed by atoms with Gasteiger partial charge in [0.1, 0.15) is 22.8 Å². The fraction of sp³-hybridized carbons (Fsp3) is 0.567. The van der Waals surface area contributed by atoms with Crippen molar-refractivity contribution < 1.29 is 39.5 Å². The number of likely N-dealkylation sites (N-methyl/N-ethyl adjacent to an activating group) is 1. The first-order chi connectivity index (χ1) is 19.6. The normalized spacial score (nSPS) is 31.7. The summed E-state index contributed by atoms with van der Waals surface area (Å²) in [5.74, 6) is -6.54. The van der Waals surface area contributed by atoms with E-state index in [4.69, 9.17) is 10.5 Å². The van der Waals surface area contributed by atoms with E-state index < -0.39 is 58.0 Å². The number of morpholine rings is 1. The van der Waals surface area contributed by atoms with Crippen molar-refractivity contribution >= 4 is 23.2 Å². The van der Waals surface area contributed by atoms with Gasteiger partial charge < -0.3 is 35.8 Å². The summed E-state index contributed by atoms with van der Waals surface area (Å²) in [4.78, 5) is 45.5. The standard InChI is InChI=1S/C30H40N4O8/c1-13-10-34(11-14(2)42-13)12-16-9-19(32(3)4)17-7-15-8-18-23(33(5)6)26(37)22(29(31)40)28(39)30(18,41)27(38)20(15)25(36)21(17)24(16)35/h9,13-15,18,23,35,37-38,41H,7-8,10-12H2,1-6H3,(H2,31,40)/t13-,14+,15-,18-,23-,30-/m0/s1. The van der Waals surface area contributed by atoms with Crippen LogP contribution in [0.2, 0.25) is 0 Å². The lowest BCUT2D eigenvalue weighted by Gasteiger charge is -2.50. The molecule has 1 aromatic rings. The van der Waals surface area contributed by atoms with E-state index in [2.05, 4.69) is 4.90 Å². The highest BCUT2D eigenvalue weighted by molar-refractivity contribution is 6.25. The molecule has 1 aromatic carbocycles. The summed E-state index contributed by atoms with van der Waals surface area (Å²) in [5, 5.41) is 45.9. The molecule has 228 valence electrons. The zero-order valence-electron chi connectivity index (χ0n) is 24.8. The fourth-order valence-electron chi connectivity index (χ4n) is 7.53. The summed E-state index contributed by atoms with van der Waals surface area (Å²) in [6.07, 6.45) is 0.284. The Morgan fingerprint density at radius 3 is 2.29 bits per heavy atom. The van der Waals surface area contributed by atoms with Crippen molar-refractivity contribution in [1.82, 2.24) is 9.80 Å². The topological polar surface area (TPSA) is 177 Å². The van der Waals surface area contributed by atoms with Crippen molar-refractivity contribution in [3.63, 3.8) is 0 Å². The minimum absolute atomic E-state index is 0.0000575. The van der Waals surface area contributed by atoms with Crippen molar-refractivity contribution in [2.24, 2.45) is 17.6 Å². The first kappa shape index (κ1) is 30.0. The second kappa shape index (κ2) is 10.4. The number of phenols is 1. The van der Waals surface area contributed by atoms with Gasteiger partial charge in [0.15, 0.2) is 11.4 Å². The molecule has 1 heterocycles. The van der Waals surface area contributed by atoms with Gasteiger partial charge in [0.05, 0.1) is 23.8 Å². The van der Waals surface area contributed by atoms with Crippen LogP contribution in [0.25, 0.3) is 0 Å². The average Bonchev–Trinajstić information content (AvgIpc) is 2.86. The number of nitrogens with two attached hydrogens (primary N) is 1. The second-order valence-corrected chi connectivity index (χ2v) is 12.6. The van der Waals surface area contributed by atoms with Gasteiger partial charge in [0.25, 0.3) is 5.91 Å². The van der Waals surface area contributed by atoms with Crippen LogP contribution in [-0.2, 0) is 27.3 Å². The van der Waals surface area contributed by atoms with Crippen LogP contribution in [0.15, 0.2) is 28.7 Å². The summed E-state index contributed by atoms with van der Waals surface area (Å²) in [6, 6.07) is 0.846. The van der Waals surface area contributed by atoms with Gasteiger partial charge in [-0.3, -0.25) is 24.2 Å². The molecule has 6 N–H and O–H groups in total. The zero-order valence-corrected chi connectivity index (χ0v) is 24.8. The van der Waals surface area contributed by atoms with Crippen LogP contribution < -0.4 is 10.6 Å². The predicted molar refractivity (Wildman–Crippen MR) is 153 cm³/mol. The molecule has 0 saturated carbocycles. The SMILES string of the molecule is C[C@@H]1CN(Cc2cc(N(C)C)c3c(c2O)C(=O)C2=C(O)[C@]4(O)C(=O)C(C(N)=O)=C(O)[C@@H](N(C)C)[C@@H]4C[C@@H]2C3)C[C@H](C)O1. The number of carbonyl (C=O) groups excluding carboxylic acids is 3. The Bertz CT molecular complexity index is 1420. The number of aliphatic hydroxyl groups excluding tert-OH is 2. The van der Waals surface area contributed by atoms with Crippen molar-refractivity contribution in [1.29, 1.82) is 0 Å². The molecule has 0 aromatic heterocycles. The molecule has 0 bridgehead atoms. The minimum atomic E-state index is -2.66. The number of Topliss-reactive ketones (excluding diaryl/α,β-unsaturated/α-hetero) is 2. The Labute approximate surface area is 244 Å². The van der Waals surface area contributed by atoms with Crippen molar-refractivity contribution in [3.05, 3.63) is 45.4 Å². The van der Waals surface area contributed by atoms with E-state index in [0.717, 1.165) is 5.69 Å². The number of carbonyl (C=O) groups is 3. The maximum absolute atomic E-state index is 14.2. The summed E-state index contributed by atoms with van der Waals surface area (Å²) in [5.41, 5.74) is 3.65. The van der Waals surface area contributed by atoms with Crippen molar-refractivity contribution in [2.45, 2.75) is 57.1 Å². The molecule has 1 saturated heterocycles. The highest BCUT2D eigenvalue weighted by atomic mass is 16.5. The highest BCUT2D eigenvalue weighted by Gasteiger charge is 2.63. The molecule has 12 heteroatoms. The number of aromatic hydroxyl groups is 1. The lowest BCUT2D eigenvalue weighted by molar-refractivity contribution is -0.148. The van der Waals surface area contributed by atoms with E-state index in [-0.39, 0.29) is 41.9 Å². The van der Waals surface area contributed by atoms with Gasteiger partial charge in [-0.25, -0.2) is 0 Å². The summed E-state index contributed by atoms with van der Waals surface area (Å²) in [7, 11) is 6.90. The van der Waals surface area contributed by atoms with Gasteiger partial charge >= 0.3 is 0 Å². The van der Waals surface area contributed by atoms with E-state index in [1.54, 1.807) is 14.1 Å². The van der Waals surface area contributed by atoms with Gasteiger partial charge in [-0.05, 0) is 58.3 Å². The number of anilines is 1. The number of nitrogens with zero attached hydrogens (tertiary/aromatic N) is 3. The maximum atomic E-state index is 14.2. The smallest absolute Gasteiger partial charge is 0.255 e. The van der Waals surface area contributed by atoms with E-state index in [1.807, 2.05) is 38.9 Å². The molecule has 0 spiro atoms. The van der Waals surface area contributed by atoms with Crippen LogP contribution in [0, 0.1) is 11.8 Å². The summed E-state index contributed by atoms with van der Waals surface area (Å²) < 4.78 is 5.84. The van der Waals surface area contributed by atoms with Crippen LogP contribution in [0.5, 0.6) is 5.75 Å². The van der Waals surface area contributed by atoms with E-state index in [1.165, 1.54) is 4.90 Å². The van der Waals surface area contributed by atoms with Gasteiger partial charge in [0.2, 0.25) is 5.78 Å². The number of ketones is 2. The molecule has 4 aliphatic rings. The molecule has 1 fully saturated rings. The predicted octanol–water partition coefficient (Wildman–Crippen LogP) is 0.796. The van der Waals surface area contributed by atoms with Crippen LogP contribution in [-0.4, -0.2) is 113 Å². The van der Waals surface area contributed by atoms with Crippen LogP contribution in [0.1, 0.15) is 41.8 Å². The lowest BCUT2D eigenvalue weighted by atomic mass is 9.58. The number of rotatable bonds is 5. The summed E-state index contributed by atoms with van der Waals surface area (Å²) >= 11 is 0. The number of fused-ring (bicyclic) bond motifs is 3. The number of amides is 1. The average molecular weight is 585 g/mol. The number of allylic oxidation sites excluding steroid dienone is 1. The van der Waals surface area contributed by atoms with Crippen LogP contribution in [0.3, 0.4) is 0 Å². The zero-order chi connectivity index (χ0) is 31.0. The number of phenolic OH excluding ortho intramolecular Hbond substituents is 1. The Hall–Kier alpha value is -3.45. The Morgan fingerprint density at radius 1 is 1.12 bits per heavy atom. The first-order valence-corrected chi connectivity index (χ1v) is 14.2. The molecule has 0 radical (unpaired) electrons. The third kappa shape index (κ3) is 4.39. The molecule has 1 amide bonds. The van der Waals surface area contributed by atoms with Gasteiger partial charge in [0, 0.05) is 56.5 Å². The molecule has 6 atom stereocenters. The molecular weight excluding hydrogens is 544 g/mol. The minimum Gasteiger partial charge on any atom is -0.510 e. The second-order valence-electron chi connectivity index (χ2n) is 12.6. The lowest BCUT2D eigenvalue weighted by Crippen LogP contribution is -2.63.